The van der Waals surface area contributed by atoms with Gasteiger partial charge in [-0.2, -0.15) is 0 Å². The van der Waals surface area contributed by atoms with Crippen molar-refractivity contribution in [2.24, 2.45) is 0 Å². The van der Waals surface area contributed by atoms with Gasteiger partial charge in [0.2, 0.25) is 0 Å². The van der Waals surface area contributed by atoms with Crippen molar-refractivity contribution in [2.75, 3.05) is 13.1 Å². The predicted octanol–water partition coefficient (Wildman–Crippen LogP) is 2.24. The molecule has 1 amide bonds. The van der Waals surface area contributed by atoms with Gasteiger partial charge in [0.15, 0.2) is 0 Å². The smallest absolute Gasteiger partial charge is 0.410 e. The number of likely N-dealkylation sites (tertiary alicyclic amines) is 1. The number of amides is 1. The van der Waals surface area contributed by atoms with Crippen molar-refractivity contribution in [3.63, 3.8) is 0 Å². The van der Waals surface area contributed by atoms with E-state index in [1.807, 2.05) is 20.8 Å². The van der Waals surface area contributed by atoms with E-state index in [1.54, 1.807) is 4.90 Å². The minimum atomic E-state index is -0.491. The van der Waals surface area contributed by atoms with Crippen LogP contribution in [0.2, 0.25) is 0 Å². The Hall–Kier alpha value is -1.82. The van der Waals surface area contributed by atoms with Crippen molar-refractivity contribution in [3.05, 3.63) is 29.6 Å². The highest BCUT2D eigenvalue weighted by Crippen LogP contribution is 2.17. The second kappa shape index (κ2) is 5.89. The number of ether oxygens (including phenoxy) is 1. The molecule has 1 aliphatic heterocycles. The molecule has 0 aliphatic carbocycles. The Kier molecular flexibility index (Phi) is 4.37. The summed E-state index contributed by atoms with van der Waals surface area (Å²) in [6.07, 6.45) is -0.316. The van der Waals surface area contributed by atoms with Crippen LogP contribution in [0.4, 0.5) is 9.18 Å². The van der Waals surface area contributed by atoms with E-state index < -0.39 is 11.4 Å². The Balaban J connectivity index is 1.74. The average Bonchev–Trinajstić information content (AvgIpc) is 2.22. The zero-order valence-electron chi connectivity index (χ0n) is 12.5. The Morgan fingerprint density at radius 2 is 2.10 bits per heavy atom. The largest absolute Gasteiger partial charge is 0.508 e. The molecule has 0 unspecified atom stereocenters. The highest BCUT2D eigenvalue weighted by Gasteiger charge is 2.33. The van der Waals surface area contributed by atoms with Crippen LogP contribution >= 0.6 is 0 Å². The summed E-state index contributed by atoms with van der Waals surface area (Å²) >= 11 is 0. The fourth-order valence-electron chi connectivity index (χ4n) is 2.08. The fraction of sp³-hybridized carbons (Fsp3) is 0.533. The maximum atomic E-state index is 13.1. The van der Waals surface area contributed by atoms with E-state index in [4.69, 9.17) is 4.74 Å². The van der Waals surface area contributed by atoms with Crippen LogP contribution in [0.3, 0.4) is 0 Å². The third-order valence-electron chi connectivity index (χ3n) is 3.07. The van der Waals surface area contributed by atoms with Crippen molar-refractivity contribution in [2.45, 2.75) is 39.0 Å². The van der Waals surface area contributed by atoms with Gasteiger partial charge in [0.25, 0.3) is 0 Å². The van der Waals surface area contributed by atoms with Crippen molar-refractivity contribution >= 4 is 6.09 Å². The van der Waals surface area contributed by atoms with Gasteiger partial charge in [-0.25, -0.2) is 9.18 Å². The first kappa shape index (κ1) is 15.6. The lowest BCUT2D eigenvalue weighted by molar-refractivity contribution is 0.00519. The number of aromatic hydroxyl groups is 1. The molecule has 116 valence electrons. The number of rotatable bonds is 3. The predicted molar refractivity (Wildman–Crippen MR) is 76.5 cm³/mol. The highest BCUT2D eigenvalue weighted by atomic mass is 19.1. The topological polar surface area (TPSA) is 61.8 Å². The Bertz CT molecular complexity index is 502. The number of carbonyl (C=O) groups excluding carboxylic acids is 1. The van der Waals surface area contributed by atoms with Gasteiger partial charge >= 0.3 is 6.09 Å². The standard InChI is InChI=1S/C15H21FN2O3/c1-15(2,3)21-14(20)18-8-12(9-18)17-7-10-4-11(16)6-13(19)5-10/h4-6,12,17,19H,7-9H2,1-3H3. The van der Waals surface area contributed by atoms with Gasteiger partial charge in [-0.15, -0.1) is 0 Å². The van der Waals surface area contributed by atoms with E-state index in [0.29, 0.717) is 25.2 Å². The lowest BCUT2D eigenvalue weighted by atomic mass is 10.1. The molecule has 0 aromatic heterocycles. The molecule has 0 bridgehead atoms. The van der Waals surface area contributed by atoms with Crippen molar-refractivity contribution in [1.82, 2.24) is 10.2 Å². The summed E-state index contributed by atoms with van der Waals surface area (Å²) in [6, 6.07) is 4.11. The van der Waals surface area contributed by atoms with Gasteiger partial charge < -0.3 is 20.1 Å². The monoisotopic (exact) mass is 296 g/mol. The molecule has 0 saturated carbocycles. The van der Waals surface area contributed by atoms with Gasteiger partial charge in [0.05, 0.1) is 0 Å². The van der Waals surface area contributed by atoms with Crippen molar-refractivity contribution in [1.29, 1.82) is 0 Å². The van der Waals surface area contributed by atoms with E-state index >= 15 is 0 Å². The number of nitrogens with one attached hydrogen (secondary N) is 1. The molecule has 1 fully saturated rings. The molecular weight excluding hydrogens is 275 g/mol. The van der Waals surface area contributed by atoms with Crippen LogP contribution in [0, 0.1) is 5.82 Å². The zero-order chi connectivity index (χ0) is 15.6. The number of carbonyl (C=O) groups is 1. The summed E-state index contributed by atoms with van der Waals surface area (Å²) in [5, 5.41) is 12.5. The van der Waals surface area contributed by atoms with Gasteiger partial charge in [0, 0.05) is 31.7 Å². The van der Waals surface area contributed by atoms with Crippen LogP contribution in [0.15, 0.2) is 18.2 Å². The summed E-state index contributed by atoms with van der Waals surface area (Å²) in [4.78, 5) is 13.4. The second-order valence-electron chi connectivity index (χ2n) is 6.28. The fourth-order valence-corrected chi connectivity index (χ4v) is 2.08. The molecule has 0 atom stereocenters. The number of hydrogen-bond donors (Lipinski definition) is 2. The minimum absolute atomic E-state index is 0.0872. The molecular formula is C15H21FN2O3. The van der Waals surface area contributed by atoms with E-state index in [0.717, 1.165) is 6.07 Å². The molecule has 1 aliphatic rings. The summed E-state index contributed by atoms with van der Waals surface area (Å²) in [6.45, 7) is 7.06. The SMILES string of the molecule is CC(C)(C)OC(=O)N1CC(NCc2cc(O)cc(F)c2)C1. The van der Waals surface area contributed by atoms with Crippen LogP contribution < -0.4 is 5.32 Å². The van der Waals surface area contributed by atoms with Gasteiger partial charge in [-0.05, 0) is 38.5 Å². The molecule has 5 nitrogen and oxygen atoms in total. The molecule has 2 rings (SSSR count). The zero-order valence-corrected chi connectivity index (χ0v) is 12.5. The maximum Gasteiger partial charge on any atom is 0.410 e. The van der Waals surface area contributed by atoms with Gasteiger partial charge in [-0.1, -0.05) is 0 Å². The third-order valence-corrected chi connectivity index (χ3v) is 3.07. The molecule has 0 spiro atoms. The Morgan fingerprint density at radius 1 is 1.43 bits per heavy atom. The molecule has 0 radical (unpaired) electrons. The molecule has 2 N–H and O–H groups in total. The van der Waals surface area contributed by atoms with Crippen LogP contribution in [0.25, 0.3) is 0 Å². The van der Waals surface area contributed by atoms with Crippen LogP contribution in [0.5, 0.6) is 5.75 Å². The van der Waals surface area contributed by atoms with Gasteiger partial charge in [0.1, 0.15) is 17.2 Å². The summed E-state index contributed by atoms with van der Waals surface area (Å²) in [7, 11) is 0. The molecule has 21 heavy (non-hydrogen) atoms. The van der Waals surface area contributed by atoms with Crippen molar-refractivity contribution < 1.29 is 19.0 Å². The van der Waals surface area contributed by atoms with Crippen LogP contribution in [-0.4, -0.2) is 40.8 Å². The normalized spacial score (nSPS) is 15.7. The number of phenolic OH excluding ortho intramolecular Hbond substituents is 1. The first-order chi connectivity index (χ1) is 9.73. The quantitative estimate of drug-likeness (QED) is 0.898. The average molecular weight is 296 g/mol. The highest BCUT2D eigenvalue weighted by molar-refractivity contribution is 5.69. The van der Waals surface area contributed by atoms with Crippen LogP contribution in [0.1, 0.15) is 26.3 Å². The van der Waals surface area contributed by atoms with E-state index in [1.165, 1.54) is 12.1 Å². The maximum absolute atomic E-state index is 13.1. The van der Waals surface area contributed by atoms with Crippen LogP contribution in [-0.2, 0) is 11.3 Å². The van der Waals surface area contributed by atoms with E-state index in [9.17, 15) is 14.3 Å². The van der Waals surface area contributed by atoms with E-state index in [2.05, 4.69) is 5.32 Å². The first-order valence-corrected chi connectivity index (χ1v) is 6.93. The molecule has 6 heteroatoms. The second-order valence-corrected chi connectivity index (χ2v) is 6.28. The molecule has 1 aromatic rings. The Morgan fingerprint density at radius 3 is 2.67 bits per heavy atom. The molecule has 1 heterocycles. The summed E-state index contributed by atoms with van der Waals surface area (Å²) < 4.78 is 18.4. The molecule has 1 aromatic carbocycles. The minimum Gasteiger partial charge on any atom is -0.508 e. The number of benzene rings is 1. The number of nitrogens with zero attached hydrogens (tertiary/aromatic N) is 1. The number of hydrogen-bond acceptors (Lipinski definition) is 4. The summed E-state index contributed by atoms with van der Waals surface area (Å²) in [5.74, 6) is -0.549. The van der Waals surface area contributed by atoms with E-state index in [-0.39, 0.29) is 17.9 Å². The summed E-state index contributed by atoms with van der Waals surface area (Å²) in [5.41, 5.74) is 0.178. The lowest BCUT2D eigenvalue weighted by Gasteiger charge is -2.40. The number of phenols is 1. The molecule has 1 saturated heterocycles. The third kappa shape index (κ3) is 4.60. The van der Waals surface area contributed by atoms with Gasteiger partial charge in [-0.3, -0.25) is 0 Å². The first-order valence-electron chi connectivity index (χ1n) is 6.93. The Labute approximate surface area is 123 Å². The number of halogens is 1. The van der Waals surface area contributed by atoms with Crippen molar-refractivity contribution in [3.8, 4) is 5.75 Å². The lowest BCUT2D eigenvalue weighted by Crippen LogP contribution is -2.60.